The second-order valence-electron chi connectivity index (χ2n) is 9.73. The van der Waals surface area contributed by atoms with Crippen LogP contribution in [0.1, 0.15) is 18.5 Å². The minimum atomic E-state index is -4.68. The van der Waals surface area contributed by atoms with Crippen LogP contribution in [0.3, 0.4) is 0 Å². The number of anilines is 1. The van der Waals surface area contributed by atoms with Crippen LogP contribution in [0.4, 0.5) is 18.9 Å². The van der Waals surface area contributed by atoms with Crippen LogP contribution in [-0.4, -0.2) is 64.3 Å². The quantitative estimate of drug-likeness (QED) is 0.383. The molecule has 37 heavy (non-hydrogen) atoms. The van der Waals surface area contributed by atoms with E-state index in [4.69, 9.17) is 32.7 Å². The van der Waals surface area contributed by atoms with Crippen LogP contribution in [0.25, 0.3) is 11.4 Å². The van der Waals surface area contributed by atoms with Crippen LogP contribution in [0.15, 0.2) is 42.6 Å². The van der Waals surface area contributed by atoms with Gasteiger partial charge in [0.2, 0.25) is 0 Å². The van der Waals surface area contributed by atoms with Crippen LogP contribution in [0.2, 0.25) is 10.0 Å². The fourth-order valence-electron chi connectivity index (χ4n) is 5.39. The molecule has 4 heterocycles. The van der Waals surface area contributed by atoms with Crippen LogP contribution in [0, 0.1) is 0 Å². The van der Waals surface area contributed by atoms with Gasteiger partial charge in [0.1, 0.15) is 16.5 Å². The van der Waals surface area contributed by atoms with Crippen molar-refractivity contribution in [1.82, 2.24) is 19.7 Å². The van der Waals surface area contributed by atoms with E-state index >= 15 is 0 Å². The maximum Gasteiger partial charge on any atom is 0.434 e. The number of hydrogen-bond donors (Lipinski definition) is 0. The van der Waals surface area contributed by atoms with E-state index < -0.39 is 22.6 Å². The Bertz CT molecular complexity index is 1330. The van der Waals surface area contributed by atoms with Gasteiger partial charge in [-0.2, -0.15) is 18.3 Å². The van der Waals surface area contributed by atoms with Crippen molar-refractivity contribution in [2.45, 2.75) is 36.8 Å². The summed E-state index contributed by atoms with van der Waals surface area (Å²) in [4.78, 5) is 8.65. The summed E-state index contributed by atoms with van der Waals surface area (Å²) < 4.78 is 54.6. The van der Waals surface area contributed by atoms with Gasteiger partial charge < -0.3 is 14.4 Å². The normalized spacial score (nSPS) is 22.9. The van der Waals surface area contributed by atoms with Gasteiger partial charge in [-0.1, -0.05) is 29.3 Å². The first kappa shape index (κ1) is 24.8. The highest BCUT2D eigenvalue weighted by Gasteiger charge is 2.64. The first-order chi connectivity index (χ1) is 17.7. The van der Waals surface area contributed by atoms with Gasteiger partial charge in [0.15, 0.2) is 11.4 Å². The molecular formula is C25H24Cl2F3N5O2. The first-order valence-electron chi connectivity index (χ1n) is 11.9. The molecule has 2 aromatic heterocycles. The van der Waals surface area contributed by atoms with Crippen molar-refractivity contribution in [3.05, 3.63) is 58.3 Å². The number of rotatable bonds is 6. The zero-order valence-electron chi connectivity index (χ0n) is 19.9. The molecule has 1 aromatic carbocycles. The molecule has 1 spiro atoms. The topological polar surface area (TPSA) is 59.0 Å². The minimum Gasteiger partial charge on any atom is -0.495 e. The molecule has 1 unspecified atom stereocenters. The summed E-state index contributed by atoms with van der Waals surface area (Å²) >= 11 is 12.4. The number of benzene rings is 1. The summed E-state index contributed by atoms with van der Waals surface area (Å²) in [6.45, 7) is 2.30. The number of alkyl halides is 3. The van der Waals surface area contributed by atoms with E-state index in [9.17, 15) is 13.2 Å². The zero-order valence-corrected chi connectivity index (χ0v) is 21.4. The van der Waals surface area contributed by atoms with Gasteiger partial charge >= 0.3 is 6.18 Å². The Morgan fingerprint density at radius 3 is 2.54 bits per heavy atom. The average Bonchev–Trinajstić information content (AvgIpc) is 3.79. The van der Waals surface area contributed by atoms with Crippen molar-refractivity contribution in [1.29, 1.82) is 0 Å². The number of methoxy groups -OCH3 is 1. The lowest BCUT2D eigenvalue weighted by atomic mass is 10.1. The highest BCUT2D eigenvalue weighted by atomic mass is 35.5. The maximum atomic E-state index is 14.1. The molecule has 1 saturated carbocycles. The lowest BCUT2D eigenvalue weighted by Crippen LogP contribution is -2.61. The molecule has 2 aliphatic heterocycles. The lowest BCUT2D eigenvalue weighted by molar-refractivity contribution is -0.145. The van der Waals surface area contributed by atoms with Crippen molar-refractivity contribution in [3.63, 3.8) is 0 Å². The summed E-state index contributed by atoms with van der Waals surface area (Å²) in [7, 11) is 1.58. The Hall–Kier alpha value is -2.53. The highest BCUT2D eigenvalue weighted by molar-refractivity contribution is 6.33. The van der Waals surface area contributed by atoms with Gasteiger partial charge in [0.05, 0.1) is 31.0 Å². The molecule has 3 aromatic rings. The minimum absolute atomic E-state index is 0.00744. The zero-order chi connectivity index (χ0) is 26.0. The molecule has 0 N–H and O–H groups in total. The third kappa shape index (κ3) is 4.33. The SMILES string of the molecule is COc1cc(N2CCN(C3(Cn4nc(-c5ccccn5)c(Cl)c4C(F)(F)F)CO3)C3(CC3)C2)ccc1Cl. The number of piperazine rings is 1. The number of pyridine rings is 1. The van der Waals surface area contributed by atoms with Crippen molar-refractivity contribution < 1.29 is 22.6 Å². The number of epoxide rings is 1. The molecule has 1 atom stereocenters. The van der Waals surface area contributed by atoms with E-state index in [1.165, 1.54) is 6.20 Å². The molecule has 196 valence electrons. The largest absolute Gasteiger partial charge is 0.495 e. The summed E-state index contributed by atoms with van der Waals surface area (Å²) in [6, 6.07) is 10.6. The molecular weight excluding hydrogens is 530 g/mol. The van der Waals surface area contributed by atoms with Gasteiger partial charge in [-0.3, -0.25) is 14.6 Å². The van der Waals surface area contributed by atoms with Crippen molar-refractivity contribution in [2.24, 2.45) is 0 Å². The number of halogens is 5. The Morgan fingerprint density at radius 2 is 1.92 bits per heavy atom. The van der Waals surface area contributed by atoms with E-state index in [0.717, 1.165) is 29.8 Å². The number of aromatic nitrogens is 3. The van der Waals surface area contributed by atoms with E-state index in [1.54, 1.807) is 25.3 Å². The number of ether oxygens (including phenoxy) is 2. The maximum absolute atomic E-state index is 14.1. The Morgan fingerprint density at radius 1 is 1.14 bits per heavy atom. The third-order valence-corrected chi connectivity index (χ3v) is 8.09. The average molecular weight is 554 g/mol. The first-order valence-corrected chi connectivity index (χ1v) is 12.7. The van der Waals surface area contributed by atoms with Crippen molar-refractivity contribution in [2.75, 3.05) is 38.3 Å². The van der Waals surface area contributed by atoms with Crippen LogP contribution >= 0.6 is 23.2 Å². The molecule has 3 fully saturated rings. The van der Waals surface area contributed by atoms with Crippen LogP contribution in [-0.2, 0) is 17.5 Å². The van der Waals surface area contributed by atoms with Gasteiger partial charge in [-0.25, -0.2) is 0 Å². The Kier molecular flexibility index (Phi) is 5.87. The molecule has 2 saturated heterocycles. The molecule has 7 nitrogen and oxygen atoms in total. The van der Waals surface area contributed by atoms with E-state index in [1.807, 2.05) is 18.2 Å². The molecule has 1 aliphatic carbocycles. The van der Waals surface area contributed by atoms with Crippen molar-refractivity contribution in [3.8, 4) is 17.1 Å². The van der Waals surface area contributed by atoms with Gasteiger partial charge in [-0.15, -0.1) is 0 Å². The fourth-order valence-corrected chi connectivity index (χ4v) is 5.93. The molecule has 0 amide bonds. The summed E-state index contributed by atoms with van der Waals surface area (Å²) in [5.74, 6) is 0.604. The van der Waals surface area contributed by atoms with E-state index in [0.29, 0.717) is 30.5 Å². The van der Waals surface area contributed by atoms with Gasteiger partial charge in [-0.05, 0) is 37.1 Å². The fraction of sp³-hybridized carbons (Fsp3) is 0.440. The predicted molar refractivity (Wildman–Crippen MR) is 133 cm³/mol. The second kappa shape index (κ2) is 8.76. The van der Waals surface area contributed by atoms with E-state index in [-0.39, 0.29) is 23.5 Å². The number of hydrogen-bond acceptors (Lipinski definition) is 6. The Labute approximate surface area is 221 Å². The van der Waals surface area contributed by atoms with Crippen LogP contribution < -0.4 is 9.64 Å². The molecule has 3 aliphatic rings. The van der Waals surface area contributed by atoms with Crippen molar-refractivity contribution >= 4 is 28.9 Å². The van der Waals surface area contributed by atoms with Gasteiger partial charge in [0.25, 0.3) is 0 Å². The smallest absolute Gasteiger partial charge is 0.434 e. The highest BCUT2D eigenvalue weighted by Crippen LogP contribution is 2.53. The third-order valence-electron chi connectivity index (χ3n) is 7.42. The molecule has 0 radical (unpaired) electrons. The molecule has 6 rings (SSSR count). The summed E-state index contributed by atoms with van der Waals surface area (Å²) in [5.41, 5.74) is -0.739. The Balaban J connectivity index is 1.28. The summed E-state index contributed by atoms with van der Waals surface area (Å²) in [6.07, 6.45) is -1.32. The van der Waals surface area contributed by atoms with E-state index in [2.05, 4.69) is 19.9 Å². The predicted octanol–water partition coefficient (Wildman–Crippen LogP) is 5.36. The standard InChI is InChI=1S/C25H24Cl2F3N5O2/c1-36-19-12-16(5-6-17(19)26)33-10-11-35(23(13-33)7-8-23)24(15-37-24)14-34-22(25(28,29)30)20(27)21(32-34)18-4-2-3-9-31-18/h2-6,9,12H,7-8,10-11,13-15H2,1H3. The van der Waals surface area contributed by atoms with Gasteiger partial charge in [0, 0.05) is 43.1 Å². The molecule has 12 heteroatoms. The monoisotopic (exact) mass is 553 g/mol. The van der Waals surface area contributed by atoms with Crippen LogP contribution in [0.5, 0.6) is 5.75 Å². The second-order valence-corrected chi connectivity index (χ2v) is 10.5. The molecule has 0 bridgehead atoms. The number of nitrogens with zero attached hydrogens (tertiary/aromatic N) is 5. The summed E-state index contributed by atoms with van der Waals surface area (Å²) in [5, 5.41) is 4.37. The lowest BCUT2D eigenvalue weighted by Gasteiger charge is -2.46.